The van der Waals surface area contributed by atoms with Crippen LogP contribution in [0.1, 0.15) is 10.4 Å². The quantitative estimate of drug-likeness (QED) is 0.762. The molecule has 0 atom stereocenters. The van der Waals surface area contributed by atoms with E-state index in [1.54, 1.807) is 0 Å². The van der Waals surface area contributed by atoms with Crippen molar-refractivity contribution in [2.75, 3.05) is 7.11 Å². The lowest BCUT2D eigenvalue weighted by Gasteiger charge is -2.04. The van der Waals surface area contributed by atoms with Crippen molar-refractivity contribution in [3.63, 3.8) is 0 Å². The molecule has 0 unspecified atom stereocenters. The molecule has 0 amide bonds. The zero-order valence-corrected chi connectivity index (χ0v) is 11.4. The highest BCUT2D eigenvalue weighted by atomic mass is 32.1. The van der Waals surface area contributed by atoms with Gasteiger partial charge in [0.05, 0.1) is 0 Å². The van der Waals surface area contributed by atoms with Gasteiger partial charge < -0.3 is 5.11 Å². The Bertz CT molecular complexity index is 589. The Labute approximate surface area is 116 Å². The molecule has 20 heavy (non-hydrogen) atoms. The van der Waals surface area contributed by atoms with Crippen LogP contribution in [0.4, 0.5) is 22.0 Å². The van der Waals surface area contributed by atoms with Gasteiger partial charge in [0.15, 0.2) is 11.6 Å². The van der Waals surface area contributed by atoms with Crippen LogP contribution in [0.25, 0.3) is 10.4 Å². The van der Waals surface area contributed by atoms with Crippen molar-refractivity contribution >= 4 is 11.3 Å². The topological polar surface area (TPSA) is 20.2 Å². The first-order valence-corrected chi connectivity index (χ1v) is 6.19. The van der Waals surface area contributed by atoms with Crippen molar-refractivity contribution in [3.05, 3.63) is 46.3 Å². The van der Waals surface area contributed by atoms with Crippen molar-refractivity contribution in [2.24, 2.45) is 0 Å². The van der Waals surface area contributed by atoms with Crippen LogP contribution in [0.15, 0.2) is 24.3 Å². The maximum absolute atomic E-state index is 13.6. The van der Waals surface area contributed by atoms with E-state index in [1.165, 1.54) is 19.1 Å². The highest BCUT2D eigenvalue weighted by Crippen LogP contribution is 2.39. The van der Waals surface area contributed by atoms with Gasteiger partial charge in [-0.05, 0) is 24.6 Å². The third-order valence-electron chi connectivity index (χ3n) is 2.43. The SMILES string of the molecule is CO.Cc1ccc(-c2ccc(C(F)(F)F)s2)c(F)c1F. The molecule has 1 aromatic carbocycles. The number of hydrogen-bond donors (Lipinski definition) is 1. The Hall–Kier alpha value is -1.47. The summed E-state index contributed by atoms with van der Waals surface area (Å²) in [7, 11) is 1.00. The van der Waals surface area contributed by atoms with E-state index in [0.29, 0.717) is 11.3 Å². The van der Waals surface area contributed by atoms with Crippen LogP contribution < -0.4 is 0 Å². The normalized spacial score (nSPS) is 11.0. The molecule has 1 heterocycles. The van der Waals surface area contributed by atoms with E-state index in [4.69, 9.17) is 5.11 Å². The van der Waals surface area contributed by atoms with Gasteiger partial charge in [-0.2, -0.15) is 13.2 Å². The molecule has 0 fully saturated rings. The fraction of sp³-hybridized carbons (Fsp3) is 0.231. The molecule has 0 saturated heterocycles. The van der Waals surface area contributed by atoms with E-state index < -0.39 is 22.7 Å². The fourth-order valence-corrected chi connectivity index (χ4v) is 2.36. The molecule has 0 aliphatic carbocycles. The largest absolute Gasteiger partial charge is 0.425 e. The zero-order chi connectivity index (χ0) is 15.5. The highest BCUT2D eigenvalue weighted by molar-refractivity contribution is 7.15. The third kappa shape index (κ3) is 3.34. The second kappa shape index (κ2) is 6.32. The second-order valence-corrected chi connectivity index (χ2v) is 4.80. The minimum atomic E-state index is -4.47. The number of benzene rings is 1. The van der Waals surface area contributed by atoms with E-state index in [2.05, 4.69) is 0 Å². The summed E-state index contributed by atoms with van der Waals surface area (Å²) in [5.74, 6) is -2.15. The van der Waals surface area contributed by atoms with E-state index in [0.717, 1.165) is 19.2 Å². The molecular weight excluding hydrogens is 299 g/mol. The van der Waals surface area contributed by atoms with E-state index in [1.807, 2.05) is 0 Å². The number of halogens is 5. The number of aliphatic hydroxyl groups excluding tert-OH is 1. The Kier molecular flexibility index (Phi) is 5.24. The Morgan fingerprint density at radius 1 is 0.950 bits per heavy atom. The number of hydrogen-bond acceptors (Lipinski definition) is 2. The average Bonchev–Trinajstić information content (AvgIpc) is 2.88. The van der Waals surface area contributed by atoms with Crippen LogP contribution in [-0.2, 0) is 6.18 Å². The summed E-state index contributed by atoms with van der Waals surface area (Å²) in [4.78, 5) is -0.781. The molecule has 2 aromatic rings. The number of aliphatic hydroxyl groups is 1. The second-order valence-electron chi connectivity index (χ2n) is 3.72. The van der Waals surface area contributed by atoms with E-state index in [-0.39, 0.29) is 16.0 Å². The van der Waals surface area contributed by atoms with Gasteiger partial charge >= 0.3 is 6.18 Å². The molecule has 0 saturated carbocycles. The number of aryl methyl sites for hydroxylation is 1. The molecule has 0 bridgehead atoms. The minimum Gasteiger partial charge on any atom is -0.400 e. The first-order valence-electron chi connectivity index (χ1n) is 5.37. The monoisotopic (exact) mass is 310 g/mol. The van der Waals surface area contributed by atoms with Crippen molar-refractivity contribution in [2.45, 2.75) is 13.1 Å². The van der Waals surface area contributed by atoms with Crippen molar-refractivity contribution in [1.82, 2.24) is 0 Å². The van der Waals surface area contributed by atoms with Crippen LogP contribution >= 0.6 is 11.3 Å². The van der Waals surface area contributed by atoms with Gasteiger partial charge in [-0.25, -0.2) is 8.78 Å². The van der Waals surface area contributed by atoms with Crippen molar-refractivity contribution in [3.8, 4) is 10.4 Å². The van der Waals surface area contributed by atoms with Gasteiger partial charge in [0.2, 0.25) is 0 Å². The average molecular weight is 310 g/mol. The highest BCUT2D eigenvalue weighted by Gasteiger charge is 2.32. The predicted octanol–water partition coefficient (Wildman–Crippen LogP) is 4.63. The molecule has 7 heteroatoms. The molecule has 1 nitrogen and oxygen atoms in total. The van der Waals surface area contributed by atoms with Gasteiger partial charge in [0.25, 0.3) is 0 Å². The summed E-state index contributed by atoms with van der Waals surface area (Å²) in [5, 5.41) is 7.00. The first kappa shape index (κ1) is 16.6. The molecule has 110 valence electrons. The Balaban J connectivity index is 0.000000956. The molecule has 0 radical (unpaired) electrons. The van der Waals surface area contributed by atoms with Crippen LogP contribution in [0.3, 0.4) is 0 Å². The van der Waals surface area contributed by atoms with E-state index in [9.17, 15) is 22.0 Å². The summed E-state index contributed by atoms with van der Waals surface area (Å²) >= 11 is 0.390. The lowest BCUT2D eigenvalue weighted by molar-refractivity contribution is -0.134. The summed E-state index contributed by atoms with van der Waals surface area (Å²) in [6.45, 7) is 1.39. The summed E-state index contributed by atoms with van der Waals surface area (Å²) in [6.07, 6.45) is -4.47. The van der Waals surface area contributed by atoms with Crippen LogP contribution in [0.2, 0.25) is 0 Å². The van der Waals surface area contributed by atoms with Gasteiger partial charge in [0, 0.05) is 17.6 Å². The maximum atomic E-state index is 13.6. The van der Waals surface area contributed by atoms with Crippen LogP contribution in [-0.4, -0.2) is 12.2 Å². The lowest BCUT2D eigenvalue weighted by Crippen LogP contribution is -2.00. The Morgan fingerprint density at radius 3 is 2.05 bits per heavy atom. The molecular formula is C13H11F5OS. The van der Waals surface area contributed by atoms with Gasteiger partial charge in [0.1, 0.15) is 4.88 Å². The minimum absolute atomic E-state index is 0.0544. The number of alkyl halides is 3. The van der Waals surface area contributed by atoms with Crippen LogP contribution in [0.5, 0.6) is 0 Å². The third-order valence-corrected chi connectivity index (χ3v) is 3.59. The summed E-state index contributed by atoms with van der Waals surface area (Å²) in [5.41, 5.74) is -0.0394. The summed E-state index contributed by atoms with van der Waals surface area (Å²) < 4.78 is 64.1. The molecule has 2 rings (SSSR count). The maximum Gasteiger partial charge on any atom is 0.425 e. The zero-order valence-electron chi connectivity index (χ0n) is 10.6. The summed E-state index contributed by atoms with van der Waals surface area (Å²) in [6, 6.07) is 4.61. The molecule has 0 aliphatic rings. The van der Waals surface area contributed by atoms with Crippen molar-refractivity contribution in [1.29, 1.82) is 0 Å². The van der Waals surface area contributed by atoms with Crippen molar-refractivity contribution < 1.29 is 27.1 Å². The molecule has 0 aliphatic heterocycles. The number of rotatable bonds is 1. The predicted molar refractivity (Wildman–Crippen MR) is 67.6 cm³/mol. The lowest BCUT2D eigenvalue weighted by atomic mass is 10.1. The smallest absolute Gasteiger partial charge is 0.400 e. The van der Waals surface area contributed by atoms with Gasteiger partial charge in [-0.15, -0.1) is 11.3 Å². The molecule has 1 aromatic heterocycles. The van der Waals surface area contributed by atoms with Gasteiger partial charge in [-0.1, -0.05) is 12.1 Å². The fourth-order valence-electron chi connectivity index (χ4n) is 1.47. The Morgan fingerprint density at radius 2 is 1.55 bits per heavy atom. The molecule has 0 spiro atoms. The standard InChI is InChI=1S/C12H7F5S.CH4O/c1-6-2-3-7(11(14)10(6)13)8-4-5-9(18-8)12(15,16)17;1-2/h2-5H,1H3;2H,1H3. The van der Waals surface area contributed by atoms with Crippen LogP contribution in [0, 0.1) is 18.6 Å². The first-order chi connectivity index (χ1) is 9.30. The van der Waals surface area contributed by atoms with E-state index >= 15 is 0 Å². The molecule has 1 N–H and O–H groups in total. The van der Waals surface area contributed by atoms with Gasteiger partial charge in [-0.3, -0.25) is 0 Å². The number of thiophene rings is 1.